The van der Waals surface area contributed by atoms with Gasteiger partial charge in [0.15, 0.2) is 0 Å². The number of aromatic nitrogens is 1. The number of pyridine rings is 1. The molecule has 4 nitrogen and oxygen atoms in total. The Labute approximate surface area is 116 Å². The molecule has 3 N–H and O–H groups in total. The number of carbonyl (C=O) groups is 1. The molecule has 0 aliphatic heterocycles. The van der Waals surface area contributed by atoms with Gasteiger partial charge in [-0.05, 0) is 0 Å². The molecule has 1 aromatic heterocycles. The maximum atomic E-state index is 12.3. The van der Waals surface area contributed by atoms with E-state index >= 15 is 0 Å². The Bertz CT molecular complexity index is 328. The zero-order valence-electron chi connectivity index (χ0n) is 6.62. The molecule has 0 aliphatic carbocycles. The van der Waals surface area contributed by atoms with Gasteiger partial charge in [0.2, 0.25) is 5.95 Å². The van der Waals surface area contributed by atoms with Crippen LogP contribution in [0.15, 0.2) is 12.3 Å². The maximum absolute atomic E-state index is 12.3. The van der Waals surface area contributed by atoms with Gasteiger partial charge in [-0.3, -0.25) is 0 Å². The van der Waals surface area contributed by atoms with Crippen molar-refractivity contribution in [1.29, 1.82) is 0 Å². The Morgan fingerprint density at radius 1 is 1.60 bits per heavy atom. The van der Waals surface area contributed by atoms with E-state index in [0.717, 1.165) is 12.3 Å². The zero-order chi connectivity index (χ0) is 11.1. The SMILES string of the molecule is C.Nc1cnc(F)cc1C(=O)O.[I][V][I]. The summed E-state index contributed by atoms with van der Waals surface area (Å²) in [5.74, 6) is -2.11. The van der Waals surface area contributed by atoms with E-state index < -0.39 is 11.9 Å². The predicted molar refractivity (Wildman–Crippen MR) is 70.3 cm³/mol. The molecule has 0 aliphatic rings. The first kappa shape index (κ1) is 17.8. The number of hydrogen-bond donors (Lipinski definition) is 2. The van der Waals surface area contributed by atoms with Crippen molar-refractivity contribution in [1.82, 2.24) is 4.98 Å². The molecular weight excluding hydrogens is 468 g/mol. The summed E-state index contributed by atoms with van der Waals surface area (Å²) in [6, 6.07) is 0.775. The summed E-state index contributed by atoms with van der Waals surface area (Å²) in [7, 11) is 0.628. The first-order valence-electron chi connectivity index (χ1n) is 3.09. The molecule has 0 atom stereocenters. The van der Waals surface area contributed by atoms with Gasteiger partial charge in [0.05, 0.1) is 17.4 Å². The molecule has 0 radical (unpaired) electrons. The van der Waals surface area contributed by atoms with Gasteiger partial charge in [-0.2, -0.15) is 4.39 Å². The zero-order valence-corrected chi connectivity index (χ0v) is 12.3. The number of anilines is 1. The molecule has 0 fully saturated rings. The standard InChI is InChI=1S/C6H5FN2O2.CH4.2HI.V/c7-5-1-3(6(10)11)4(8)2-9-5;;;;/h1-2H,8H2,(H,10,11);1H4;2*1H;/q;;;;+2/p-2. The van der Waals surface area contributed by atoms with E-state index in [0.29, 0.717) is 9.47 Å². The fourth-order valence-corrected chi connectivity index (χ4v) is 0.626. The number of rotatable bonds is 1. The summed E-state index contributed by atoms with van der Waals surface area (Å²) in [5.41, 5.74) is 4.87. The molecule has 0 bridgehead atoms. The summed E-state index contributed by atoms with van der Waals surface area (Å²) in [6.07, 6.45) is 0.971. The fourth-order valence-electron chi connectivity index (χ4n) is 0.626. The molecule has 0 saturated carbocycles. The van der Waals surface area contributed by atoms with E-state index in [1.807, 2.05) is 0 Å². The number of halogens is 3. The van der Waals surface area contributed by atoms with Crippen LogP contribution >= 0.6 is 40.0 Å². The summed E-state index contributed by atoms with van der Waals surface area (Å²) < 4.78 is 12.3. The molecule has 0 amide bonds. The Hall–Kier alpha value is 0.394. The van der Waals surface area contributed by atoms with E-state index in [9.17, 15) is 9.18 Å². The van der Waals surface area contributed by atoms with Crippen LogP contribution in [0, 0.1) is 5.95 Å². The number of aromatic carboxylic acids is 1. The van der Waals surface area contributed by atoms with E-state index in [4.69, 9.17) is 10.8 Å². The summed E-state index contributed by atoms with van der Waals surface area (Å²) in [5, 5.41) is 8.42. The quantitative estimate of drug-likeness (QED) is 0.483. The molecule has 1 rings (SSSR count). The first-order valence-corrected chi connectivity index (χ1v) is 12.1. The third kappa shape index (κ3) is 7.31. The van der Waals surface area contributed by atoms with Gasteiger partial charge in [-0.25, -0.2) is 9.78 Å². The van der Waals surface area contributed by atoms with Gasteiger partial charge >= 0.3 is 55.4 Å². The predicted octanol–water partition coefficient (Wildman–Crippen LogP) is 2.91. The molecule has 8 heteroatoms. The van der Waals surface area contributed by atoms with Crippen LogP contribution in [0.5, 0.6) is 0 Å². The monoisotopic (exact) mass is 477 g/mol. The van der Waals surface area contributed by atoms with Gasteiger partial charge in [0, 0.05) is 6.07 Å². The molecule has 0 unspecified atom stereocenters. The van der Waals surface area contributed by atoms with Gasteiger partial charge in [-0.15, -0.1) is 0 Å². The molecule has 0 spiro atoms. The van der Waals surface area contributed by atoms with Crippen LogP contribution in [0.25, 0.3) is 0 Å². The van der Waals surface area contributed by atoms with Crippen molar-refractivity contribution in [3.8, 4) is 0 Å². The molecule has 85 valence electrons. The average molecular weight is 477 g/mol. The van der Waals surface area contributed by atoms with Crippen molar-refractivity contribution in [3.63, 3.8) is 0 Å². The summed E-state index contributed by atoms with van der Waals surface area (Å²) in [4.78, 5) is 13.5. The van der Waals surface area contributed by atoms with Crippen LogP contribution in [-0.4, -0.2) is 16.1 Å². The second-order valence-corrected chi connectivity index (χ2v) is 13.8. The van der Waals surface area contributed by atoms with E-state index in [1.165, 1.54) is 0 Å². The topological polar surface area (TPSA) is 76.2 Å². The number of carboxylic acids is 1. The van der Waals surface area contributed by atoms with Crippen molar-refractivity contribution in [2.45, 2.75) is 7.43 Å². The Balaban J connectivity index is 0. The normalized spacial score (nSPS) is 7.93. The molecule has 1 heterocycles. The minimum absolute atomic E-state index is 0. The molecular formula is C7H9FI2N2O2V. The van der Waals surface area contributed by atoms with Gasteiger partial charge < -0.3 is 10.8 Å². The number of hydrogen-bond acceptors (Lipinski definition) is 3. The second-order valence-electron chi connectivity index (χ2n) is 1.96. The molecule has 0 saturated heterocycles. The Morgan fingerprint density at radius 3 is 2.40 bits per heavy atom. The third-order valence-electron chi connectivity index (χ3n) is 1.13. The number of nitrogens with two attached hydrogens (primary N) is 1. The van der Waals surface area contributed by atoms with Crippen LogP contribution in [0.1, 0.15) is 17.8 Å². The van der Waals surface area contributed by atoms with E-state index in [-0.39, 0.29) is 18.7 Å². The van der Waals surface area contributed by atoms with Crippen molar-refractivity contribution < 1.29 is 23.8 Å². The third-order valence-corrected chi connectivity index (χ3v) is 1.13. The van der Waals surface area contributed by atoms with Crippen molar-refractivity contribution in [2.75, 3.05) is 5.73 Å². The van der Waals surface area contributed by atoms with Crippen molar-refractivity contribution in [2.24, 2.45) is 0 Å². The van der Waals surface area contributed by atoms with Crippen molar-refractivity contribution >= 4 is 51.6 Å². The summed E-state index contributed by atoms with van der Waals surface area (Å²) in [6.45, 7) is 0. The number of nitrogen functional groups attached to an aromatic ring is 1. The van der Waals surface area contributed by atoms with E-state index in [2.05, 4.69) is 44.9 Å². The van der Waals surface area contributed by atoms with Crippen LogP contribution in [-0.2, 0) is 9.47 Å². The summed E-state index contributed by atoms with van der Waals surface area (Å²) >= 11 is 4.74. The molecule has 0 aromatic carbocycles. The second kappa shape index (κ2) is 9.61. The number of nitrogens with zero attached hydrogens (tertiary/aromatic N) is 1. The fraction of sp³-hybridized carbons (Fsp3) is 0.143. The minimum atomic E-state index is -1.26. The van der Waals surface area contributed by atoms with Crippen LogP contribution in [0.4, 0.5) is 10.1 Å². The van der Waals surface area contributed by atoms with Gasteiger partial charge in [-0.1, -0.05) is 7.43 Å². The van der Waals surface area contributed by atoms with E-state index in [1.54, 1.807) is 0 Å². The average Bonchev–Trinajstić information content (AvgIpc) is 2.10. The number of carboxylic acid groups (broad SMARTS) is 1. The van der Waals surface area contributed by atoms with Crippen LogP contribution in [0.3, 0.4) is 0 Å². The molecule has 15 heavy (non-hydrogen) atoms. The van der Waals surface area contributed by atoms with Gasteiger partial charge in [0.1, 0.15) is 0 Å². The molecule has 1 aromatic rings. The van der Waals surface area contributed by atoms with Crippen molar-refractivity contribution in [3.05, 3.63) is 23.8 Å². The Morgan fingerprint density at radius 2 is 2.07 bits per heavy atom. The van der Waals surface area contributed by atoms with Crippen LogP contribution < -0.4 is 5.73 Å². The Kier molecular flexibility index (Phi) is 11.4. The van der Waals surface area contributed by atoms with Crippen LogP contribution in [0.2, 0.25) is 0 Å². The van der Waals surface area contributed by atoms with Gasteiger partial charge in [0.25, 0.3) is 0 Å². The first-order chi connectivity index (χ1) is 6.52.